The molecule has 2 aromatic carbocycles. The van der Waals surface area contributed by atoms with Crippen LogP contribution in [0.1, 0.15) is 24.1 Å². The molecule has 0 aromatic heterocycles. The van der Waals surface area contributed by atoms with Gasteiger partial charge in [-0.1, -0.05) is 48.3 Å². The van der Waals surface area contributed by atoms with Gasteiger partial charge in [-0.25, -0.2) is 4.39 Å². The number of hydrogen-bond donors (Lipinski definition) is 1. The van der Waals surface area contributed by atoms with Crippen molar-refractivity contribution in [1.29, 1.82) is 0 Å². The van der Waals surface area contributed by atoms with E-state index >= 15 is 0 Å². The zero-order valence-electron chi connectivity index (χ0n) is 11.2. The maximum absolute atomic E-state index is 13.3. The first-order valence-electron chi connectivity index (χ1n) is 6.53. The molecule has 20 heavy (non-hydrogen) atoms. The number of rotatable bonds is 5. The minimum atomic E-state index is -0.392. The molecular weight excluding hydrogens is 296 g/mol. The lowest BCUT2D eigenvalue weighted by Crippen LogP contribution is -2.23. The van der Waals surface area contributed by atoms with Crippen LogP contribution < -0.4 is 5.32 Å². The molecule has 0 aliphatic carbocycles. The molecule has 0 heterocycles. The third kappa shape index (κ3) is 3.95. The Kier molecular flexibility index (Phi) is 5.41. The Bertz CT molecular complexity index is 569. The SMILES string of the molecule is CCNC(Cc1ccc(Cl)cc1)c1ccc(F)c(Cl)c1. The van der Waals surface area contributed by atoms with E-state index in [2.05, 4.69) is 5.32 Å². The Labute approximate surface area is 128 Å². The van der Waals surface area contributed by atoms with Crippen molar-refractivity contribution in [3.63, 3.8) is 0 Å². The van der Waals surface area contributed by atoms with Gasteiger partial charge in [0, 0.05) is 11.1 Å². The molecular formula is C16H16Cl2FN. The van der Waals surface area contributed by atoms with E-state index in [9.17, 15) is 4.39 Å². The Morgan fingerprint density at radius 2 is 1.80 bits per heavy atom. The number of halogens is 3. The molecule has 1 nitrogen and oxygen atoms in total. The highest BCUT2D eigenvalue weighted by Gasteiger charge is 2.13. The van der Waals surface area contributed by atoms with Crippen LogP contribution in [-0.2, 0) is 6.42 Å². The van der Waals surface area contributed by atoms with Gasteiger partial charge in [-0.05, 0) is 48.4 Å². The lowest BCUT2D eigenvalue weighted by atomic mass is 9.99. The van der Waals surface area contributed by atoms with Gasteiger partial charge in [0.2, 0.25) is 0 Å². The fourth-order valence-electron chi connectivity index (χ4n) is 2.14. The quantitative estimate of drug-likeness (QED) is 0.817. The van der Waals surface area contributed by atoms with E-state index < -0.39 is 5.82 Å². The van der Waals surface area contributed by atoms with Crippen molar-refractivity contribution in [1.82, 2.24) is 5.32 Å². The molecule has 0 spiro atoms. The van der Waals surface area contributed by atoms with Gasteiger partial charge >= 0.3 is 0 Å². The van der Waals surface area contributed by atoms with Crippen LogP contribution in [-0.4, -0.2) is 6.54 Å². The summed E-state index contributed by atoms with van der Waals surface area (Å²) in [7, 11) is 0. The number of nitrogens with one attached hydrogen (secondary N) is 1. The molecule has 0 saturated heterocycles. The summed E-state index contributed by atoms with van der Waals surface area (Å²) in [4.78, 5) is 0. The van der Waals surface area contributed by atoms with Gasteiger partial charge in [-0.15, -0.1) is 0 Å². The lowest BCUT2D eigenvalue weighted by molar-refractivity contribution is 0.547. The minimum absolute atomic E-state index is 0.0966. The second kappa shape index (κ2) is 7.07. The van der Waals surface area contributed by atoms with Gasteiger partial charge in [0.25, 0.3) is 0 Å². The van der Waals surface area contributed by atoms with Gasteiger partial charge in [0.15, 0.2) is 0 Å². The van der Waals surface area contributed by atoms with E-state index in [0.29, 0.717) is 0 Å². The van der Waals surface area contributed by atoms with Crippen molar-refractivity contribution in [3.05, 3.63) is 69.5 Å². The van der Waals surface area contributed by atoms with Crippen molar-refractivity contribution in [2.75, 3.05) is 6.54 Å². The summed E-state index contributed by atoms with van der Waals surface area (Å²) in [5, 5.41) is 4.27. The van der Waals surface area contributed by atoms with Crippen LogP contribution >= 0.6 is 23.2 Å². The summed E-state index contributed by atoms with van der Waals surface area (Å²) in [5.41, 5.74) is 2.15. The maximum atomic E-state index is 13.3. The smallest absolute Gasteiger partial charge is 0.141 e. The van der Waals surface area contributed by atoms with Crippen molar-refractivity contribution in [2.45, 2.75) is 19.4 Å². The summed E-state index contributed by atoms with van der Waals surface area (Å²) in [6.07, 6.45) is 0.799. The average Bonchev–Trinajstić information content (AvgIpc) is 2.44. The fourth-order valence-corrected chi connectivity index (χ4v) is 2.45. The summed E-state index contributed by atoms with van der Waals surface area (Å²) < 4.78 is 13.3. The van der Waals surface area contributed by atoms with E-state index in [1.807, 2.05) is 31.2 Å². The second-order valence-electron chi connectivity index (χ2n) is 4.61. The van der Waals surface area contributed by atoms with Gasteiger partial charge < -0.3 is 5.32 Å². The lowest BCUT2D eigenvalue weighted by Gasteiger charge is -2.19. The first-order chi connectivity index (χ1) is 9.60. The molecule has 0 fully saturated rings. The molecule has 0 saturated carbocycles. The Morgan fingerprint density at radius 3 is 2.40 bits per heavy atom. The molecule has 0 amide bonds. The molecule has 106 valence electrons. The molecule has 1 unspecified atom stereocenters. The highest BCUT2D eigenvalue weighted by Crippen LogP contribution is 2.24. The molecule has 0 bridgehead atoms. The maximum Gasteiger partial charge on any atom is 0.141 e. The Balaban J connectivity index is 2.21. The van der Waals surface area contributed by atoms with Crippen LogP contribution in [0.3, 0.4) is 0 Å². The molecule has 0 radical (unpaired) electrons. The van der Waals surface area contributed by atoms with Crippen LogP contribution in [0.15, 0.2) is 42.5 Å². The molecule has 4 heteroatoms. The normalized spacial score (nSPS) is 12.4. The predicted molar refractivity (Wildman–Crippen MR) is 83.0 cm³/mol. The van der Waals surface area contributed by atoms with Crippen LogP contribution in [0.2, 0.25) is 10.0 Å². The largest absolute Gasteiger partial charge is 0.310 e. The fraction of sp³-hybridized carbons (Fsp3) is 0.250. The molecule has 1 N–H and O–H groups in total. The van der Waals surface area contributed by atoms with Gasteiger partial charge in [0.1, 0.15) is 5.82 Å². The number of likely N-dealkylation sites (N-methyl/N-ethyl adjacent to an activating group) is 1. The molecule has 1 atom stereocenters. The minimum Gasteiger partial charge on any atom is -0.310 e. The van der Waals surface area contributed by atoms with E-state index in [4.69, 9.17) is 23.2 Å². The second-order valence-corrected chi connectivity index (χ2v) is 5.46. The molecule has 2 aromatic rings. The number of hydrogen-bond acceptors (Lipinski definition) is 1. The summed E-state index contributed by atoms with van der Waals surface area (Å²) in [6, 6.07) is 12.7. The molecule has 0 aliphatic rings. The first kappa shape index (κ1) is 15.3. The Morgan fingerprint density at radius 1 is 1.10 bits per heavy atom. The van der Waals surface area contributed by atoms with Gasteiger partial charge in [0.05, 0.1) is 5.02 Å². The zero-order chi connectivity index (χ0) is 14.5. The topological polar surface area (TPSA) is 12.0 Å². The van der Waals surface area contributed by atoms with Crippen LogP contribution in [0.25, 0.3) is 0 Å². The van der Waals surface area contributed by atoms with E-state index in [1.54, 1.807) is 12.1 Å². The van der Waals surface area contributed by atoms with Crippen LogP contribution in [0, 0.1) is 5.82 Å². The third-order valence-electron chi connectivity index (χ3n) is 3.15. The van der Waals surface area contributed by atoms with E-state index in [0.717, 1.165) is 23.6 Å². The predicted octanol–water partition coefficient (Wildman–Crippen LogP) is 5.03. The zero-order valence-corrected chi connectivity index (χ0v) is 12.7. The van der Waals surface area contributed by atoms with E-state index in [-0.39, 0.29) is 11.1 Å². The van der Waals surface area contributed by atoms with Crippen molar-refractivity contribution in [3.8, 4) is 0 Å². The van der Waals surface area contributed by atoms with Gasteiger partial charge in [-0.2, -0.15) is 0 Å². The number of benzene rings is 2. The van der Waals surface area contributed by atoms with Crippen molar-refractivity contribution in [2.24, 2.45) is 0 Å². The first-order valence-corrected chi connectivity index (χ1v) is 7.28. The summed E-state index contributed by atoms with van der Waals surface area (Å²) in [6.45, 7) is 2.87. The highest BCUT2D eigenvalue weighted by molar-refractivity contribution is 6.31. The van der Waals surface area contributed by atoms with E-state index in [1.165, 1.54) is 11.6 Å². The Hall–Kier alpha value is -1.09. The van der Waals surface area contributed by atoms with Crippen molar-refractivity contribution < 1.29 is 4.39 Å². The molecule has 0 aliphatic heterocycles. The third-order valence-corrected chi connectivity index (χ3v) is 3.69. The molecule has 2 rings (SSSR count). The standard InChI is InChI=1S/C16H16Cl2FN/c1-2-20-16(9-11-3-6-13(17)7-4-11)12-5-8-15(19)14(18)10-12/h3-8,10,16,20H,2,9H2,1H3. The summed E-state index contributed by atoms with van der Waals surface area (Å²) >= 11 is 11.8. The average molecular weight is 312 g/mol. The van der Waals surface area contributed by atoms with Gasteiger partial charge in [-0.3, -0.25) is 0 Å². The van der Waals surface area contributed by atoms with Crippen molar-refractivity contribution >= 4 is 23.2 Å². The van der Waals surface area contributed by atoms with Crippen LogP contribution in [0.4, 0.5) is 4.39 Å². The highest BCUT2D eigenvalue weighted by atomic mass is 35.5. The monoisotopic (exact) mass is 311 g/mol. The van der Waals surface area contributed by atoms with Crippen LogP contribution in [0.5, 0.6) is 0 Å². The summed E-state index contributed by atoms with van der Waals surface area (Å²) in [5.74, 6) is -0.392.